The van der Waals surface area contributed by atoms with Crippen LogP contribution < -0.4 is 0 Å². The number of hydrogen-bond acceptors (Lipinski definition) is 2. The first-order valence-corrected chi connectivity index (χ1v) is 4.67. The first-order chi connectivity index (χ1) is 5.76. The molecule has 1 amide bonds. The molecule has 0 aromatic heterocycles. The second-order valence-electron chi connectivity index (χ2n) is 2.69. The lowest BCUT2D eigenvalue weighted by atomic mass is 10.4. The van der Waals surface area contributed by atoms with Gasteiger partial charge in [0, 0.05) is 13.1 Å². The highest BCUT2D eigenvalue weighted by Crippen LogP contribution is 1.97. The Morgan fingerprint density at radius 2 is 1.67 bits per heavy atom. The van der Waals surface area contributed by atoms with Crippen LogP contribution in [0.3, 0.4) is 0 Å². The Kier molecular flexibility index (Phi) is 6.53. The van der Waals surface area contributed by atoms with Crippen LogP contribution in [-0.4, -0.2) is 30.7 Å². The fourth-order valence-electron chi connectivity index (χ4n) is 1.05. The number of nitrogens with zero attached hydrogens (tertiary/aromatic N) is 1. The lowest BCUT2D eigenvalue weighted by Crippen LogP contribution is -2.32. The number of ether oxygens (including phenoxy) is 1. The monoisotopic (exact) mass is 173 g/mol. The molecule has 0 aromatic rings. The zero-order valence-electron chi connectivity index (χ0n) is 8.30. The van der Waals surface area contributed by atoms with Crippen molar-refractivity contribution in [1.82, 2.24) is 4.90 Å². The third kappa shape index (κ3) is 4.21. The SMILES string of the molecule is CCCN(CCC)C(=O)OCC. The minimum atomic E-state index is -0.179. The maximum absolute atomic E-state index is 11.2. The Hall–Kier alpha value is -0.730. The summed E-state index contributed by atoms with van der Waals surface area (Å²) in [5.41, 5.74) is 0. The molecule has 0 saturated carbocycles. The summed E-state index contributed by atoms with van der Waals surface area (Å²) >= 11 is 0. The molecule has 0 radical (unpaired) electrons. The zero-order chi connectivity index (χ0) is 9.40. The minimum Gasteiger partial charge on any atom is -0.450 e. The molecular formula is C9H19NO2. The summed E-state index contributed by atoms with van der Waals surface area (Å²) in [6.07, 6.45) is 1.79. The zero-order valence-corrected chi connectivity index (χ0v) is 8.30. The van der Waals surface area contributed by atoms with Crippen molar-refractivity contribution in [2.24, 2.45) is 0 Å². The van der Waals surface area contributed by atoms with Gasteiger partial charge in [0.2, 0.25) is 0 Å². The van der Waals surface area contributed by atoms with E-state index >= 15 is 0 Å². The van der Waals surface area contributed by atoms with Crippen LogP contribution in [0.4, 0.5) is 4.79 Å². The quantitative estimate of drug-likeness (QED) is 0.638. The summed E-state index contributed by atoms with van der Waals surface area (Å²) in [5.74, 6) is 0. The molecule has 0 aromatic carbocycles. The van der Waals surface area contributed by atoms with E-state index in [4.69, 9.17) is 4.74 Å². The molecule has 0 aliphatic rings. The lowest BCUT2D eigenvalue weighted by molar-refractivity contribution is 0.107. The van der Waals surface area contributed by atoms with E-state index in [1.165, 1.54) is 0 Å². The summed E-state index contributed by atoms with van der Waals surface area (Å²) in [5, 5.41) is 0. The predicted molar refractivity (Wildman–Crippen MR) is 49.2 cm³/mol. The maximum atomic E-state index is 11.2. The van der Waals surface area contributed by atoms with E-state index in [-0.39, 0.29) is 6.09 Å². The van der Waals surface area contributed by atoms with Crippen LogP contribution >= 0.6 is 0 Å². The maximum Gasteiger partial charge on any atom is 0.409 e. The van der Waals surface area contributed by atoms with E-state index < -0.39 is 0 Å². The molecule has 0 heterocycles. The lowest BCUT2D eigenvalue weighted by Gasteiger charge is -2.19. The Morgan fingerprint density at radius 1 is 1.17 bits per heavy atom. The molecule has 0 atom stereocenters. The number of carbonyl (C=O) groups is 1. The molecule has 0 bridgehead atoms. The molecule has 0 aliphatic carbocycles. The molecule has 12 heavy (non-hydrogen) atoms. The van der Waals surface area contributed by atoms with E-state index in [0.29, 0.717) is 6.61 Å². The Bertz CT molecular complexity index is 120. The van der Waals surface area contributed by atoms with Crippen molar-refractivity contribution in [3.63, 3.8) is 0 Å². The topological polar surface area (TPSA) is 29.5 Å². The third-order valence-electron chi connectivity index (χ3n) is 1.51. The number of amides is 1. The third-order valence-corrected chi connectivity index (χ3v) is 1.51. The van der Waals surface area contributed by atoms with Crippen LogP contribution in [0.15, 0.2) is 0 Å². The minimum absolute atomic E-state index is 0.179. The fraction of sp³-hybridized carbons (Fsp3) is 0.889. The number of rotatable bonds is 5. The first-order valence-electron chi connectivity index (χ1n) is 4.67. The highest BCUT2D eigenvalue weighted by molar-refractivity contribution is 5.67. The molecular weight excluding hydrogens is 154 g/mol. The van der Waals surface area contributed by atoms with Crippen LogP contribution in [0.25, 0.3) is 0 Å². The smallest absolute Gasteiger partial charge is 0.409 e. The van der Waals surface area contributed by atoms with Gasteiger partial charge < -0.3 is 9.64 Å². The second kappa shape index (κ2) is 6.95. The molecule has 0 saturated heterocycles. The molecule has 0 unspecified atom stereocenters. The van der Waals surface area contributed by atoms with Crippen LogP contribution in [0.1, 0.15) is 33.6 Å². The highest BCUT2D eigenvalue weighted by Gasteiger charge is 2.11. The van der Waals surface area contributed by atoms with Crippen LogP contribution in [-0.2, 0) is 4.74 Å². The van der Waals surface area contributed by atoms with Gasteiger partial charge in [-0.1, -0.05) is 13.8 Å². The normalized spacial score (nSPS) is 9.58. The fourth-order valence-corrected chi connectivity index (χ4v) is 1.05. The van der Waals surface area contributed by atoms with E-state index in [9.17, 15) is 4.79 Å². The van der Waals surface area contributed by atoms with Gasteiger partial charge in [0.1, 0.15) is 0 Å². The van der Waals surface area contributed by atoms with Gasteiger partial charge in [-0.3, -0.25) is 0 Å². The van der Waals surface area contributed by atoms with Gasteiger partial charge in [-0.05, 0) is 19.8 Å². The Labute approximate surface area is 74.7 Å². The van der Waals surface area contributed by atoms with Crippen LogP contribution in [0.2, 0.25) is 0 Å². The molecule has 3 nitrogen and oxygen atoms in total. The largest absolute Gasteiger partial charge is 0.450 e. The standard InChI is InChI=1S/C9H19NO2/c1-4-7-10(8-5-2)9(11)12-6-3/h4-8H2,1-3H3. The first kappa shape index (κ1) is 11.3. The van der Waals surface area contributed by atoms with Gasteiger partial charge >= 0.3 is 6.09 Å². The van der Waals surface area contributed by atoms with Crippen molar-refractivity contribution in [3.8, 4) is 0 Å². The van der Waals surface area contributed by atoms with Crippen molar-refractivity contribution >= 4 is 6.09 Å². The van der Waals surface area contributed by atoms with Crippen molar-refractivity contribution in [2.45, 2.75) is 33.6 Å². The van der Waals surface area contributed by atoms with E-state index in [1.807, 2.05) is 6.92 Å². The molecule has 72 valence electrons. The van der Waals surface area contributed by atoms with Gasteiger partial charge in [-0.2, -0.15) is 0 Å². The van der Waals surface area contributed by atoms with Gasteiger partial charge in [0.05, 0.1) is 6.61 Å². The summed E-state index contributed by atoms with van der Waals surface area (Å²) in [6, 6.07) is 0. The molecule has 0 rings (SSSR count). The summed E-state index contributed by atoms with van der Waals surface area (Å²) in [7, 11) is 0. The Balaban J connectivity index is 3.81. The second-order valence-corrected chi connectivity index (χ2v) is 2.69. The number of carbonyl (C=O) groups excluding carboxylic acids is 1. The van der Waals surface area contributed by atoms with Gasteiger partial charge in [-0.25, -0.2) is 4.79 Å². The van der Waals surface area contributed by atoms with Crippen molar-refractivity contribution in [1.29, 1.82) is 0 Å². The molecule has 0 spiro atoms. The molecule has 0 N–H and O–H groups in total. The summed E-state index contributed by atoms with van der Waals surface area (Å²) in [6.45, 7) is 8.00. The van der Waals surface area contributed by atoms with Crippen LogP contribution in [0, 0.1) is 0 Å². The van der Waals surface area contributed by atoms with E-state index in [2.05, 4.69) is 13.8 Å². The van der Waals surface area contributed by atoms with Crippen LogP contribution in [0.5, 0.6) is 0 Å². The summed E-state index contributed by atoms with van der Waals surface area (Å²) < 4.78 is 4.90. The van der Waals surface area contributed by atoms with E-state index in [0.717, 1.165) is 25.9 Å². The average molecular weight is 173 g/mol. The average Bonchev–Trinajstić information content (AvgIpc) is 2.04. The molecule has 0 aliphatic heterocycles. The van der Waals surface area contributed by atoms with E-state index in [1.54, 1.807) is 4.90 Å². The Morgan fingerprint density at radius 3 is 2.00 bits per heavy atom. The number of hydrogen-bond donors (Lipinski definition) is 0. The van der Waals surface area contributed by atoms with Gasteiger partial charge in [0.25, 0.3) is 0 Å². The molecule has 3 heteroatoms. The van der Waals surface area contributed by atoms with Crippen molar-refractivity contribution < 1.29 is 9.53 Å². The predicted octanol–water partition coefficient (Wildman–Crippen LogP) is 2.26. The van der Waals surface area contributed by atoms with Gasteiger partial charge in [0.15, 0.2) is 0 Å². The van der Waals surface area contributed by atoms with Gasteiger partial charge in [-0.15, -0.1) is 0 Å². The van der Waals surface area contributed by atoms with Crippen molar-refractivity contribution in [2.75, 3.05) is 19.7 Å². The highest BCUT2D eigenvalue weighted by atomic mass is 16.6. The van der Waals surface area contributed by atoms with Crippen molar-refractivity contribution in [3.05, 3.63) is 0 Å². The molecule has 0 fully saturated rings. The summed E-state index contributed by atoms with van der Waals surface area (Å²) in [4.78, 5) is 13.0.